The van der Waals surface area contributed by atoms with Gasteiger partial charge in [0.25, 0.3) is 0 Å². The molecule has 0 amide bonds. The molecule has 0 aliphatic rings. The van der Waals surface area contributed by atoms with E-state index in [0.29, 0.717) is 0 Å². The van der Waals surface area contributed by atoms with Gasteiger partial charge in [-0.1, -0.05) is 29.0 Å². The van der Waals surface area contributed by atoms with Crippen LogP contribution in [0.3, 0.4) is 0 Å². The first-order chi connectivity index (χ1) is 8.60. The number of aromatic nitrogens is 3. The number of nitrogens with one attached hydrogen (secondary N) is 1. The summed E-state index contributed by atoms with van der Waals surface area (Å²) in [6, 6.07) is 6.44. The van der Waals surface area contributed by atoms with Crippen LogP contribution in [-0.4, -0.2) is 15.0 Å². The maximum atomic E-state index is 5.67. The van der Waals surface area contributed by atoms with Gasteiger partial charge in [-0.05, 0) is 25.0 Å². The lowest BCUT2D eigenvalue weighted by atomic mass is 9.96. The molecule has 0 aliphatic carbocycles. The largest absolute Gasteiger partial charge is 0.271 e. The maximum absolute atomic E-state index is 5.67. The molecule has 0 spiro atoms. The van der Waals surface area contributed by atoms with E-state index < -0.39 is 0 Å². The van der Waals surface area contributed by atoms with Crippen LogP contribution in [0.15, 0.2) is 24.4 Å². The van der Waals surface area contributed by atoms with Gasteiger partial charge < -0.3 is 0 Å². The average molecular weight is 245 g/mol. The molecule has 5 heteroatoms. The molecule has 2 rings (SSSR count). The first-order valence-electron chi connectivity index (χ1n) is 5.98. The number of benzene rings is 1. The normalized spacial score (nSPS) is 12.7. The maximum Gasteiger partial charge on any atom is 0.0846 e. The van der Waals surface area contributed by atoms with Gasteiger partial charge >= 0.3 is 0 Å². The van der Waals surface area contributed by atoms with Gasteiger partial charge in [0, 0.05) is 19.7 Å². The summed E-state index contributed by atoms with van der Waals surface area (Å²) in [6.45, 7) is 4.18. The quantitative estimate of drug-likeness (QED) is 0.627. The predicted octanol–water partition coefficient (Wildman–Crippen LogP) is 1.18. The number of nitrogens with zero attached hydrogens (tertiary/aromatic N) is 3. The van der Waals surface area contributed by atoms with Crippen LogP contribution in [0.2, 0.25) is 0 Å². The molecule has 1 aromatic carbocycles. The van der Waals surface area contributed by atoms with Crippen molar-refractivity contribution in [3.8, 4) is 0 Å². The Morgan fingerprint density at radius 2 is 2.17 bits per heavy atom. The highest BCUT2D eigenvalue weighted by atomic mass is 15.4. The molecule has 18 heavy (non-hydrogen) atoms. The standard InChI is InChI=1S/C13H19N5/c1-9-4-5-10(2)12(6-9)13(15-14)7-11-8-18(3)17-16-11/h4-6,8,13,15H,7,14H2,1-3H3. The average Bonchev–Trinajstić information content (AvgIpc) is 2.75. The van der Waals surface area contributed by atoms with Crippen molar-refractivity contribution in [3.05, 3.63) is 46.8 Å². The molecule has 2 aromatic rings. The minimum Gasteiger partial charge on any atom is -0.271 e. The third-order valence-corrected chi connectivity index (χ3v) is 3.07. The van der Waals surface area contributed by atoms with Gasteiger partial charge in [-0.25, -0.2) is 0 Å². The summed E-state index contributed by atoms with van der Waals surface area (Å²) in [7, 11) is 1.86. The summed E-state index contributed by atoms with van der Waals surface area (Å²) in [6.07, 6.45) is 2.64. The molecule has 0 saturated carbocycles. The number of hydrazine groups is 1. The van der Waals surface area contributed by atoms with Crippen molar-refractivity contribution in [1.82, 2.24) is 20.4 Å². The SMILES string of the molecule is Cc1ccc(C)c(C(Cc2cn(C)nn2)NN)c1. The molecule has 1 atom stereocenters. The van der Waals surface area contributed by atoms with Crippen molar-refractivity contribution in [2.45, 2.75) is 26.3 Å². The molecule has 0 bridgehead atoms. The zero-order valence-corrected chi connectivity index (χ0v) is 11.0. The summed E-state index contributed by atoms with van der Waals surface area (Å²) in [5.74, 6) is 5.67. The lowest BCUT2D eigenvalue weighted by molar-refractivity contribution is 0.542. The van der Waals surface area contributed by atoms with E-state index in [9.17, 15) is 0 Å². The van der Waals surface area contributed by atoms with Crippen LogP contribution in [0.5, 0.6) is 0 Å². The van der Waals surface area contributed by atoms with E-state index in [4.69, 9.17) is 5.84 Å². The Kier molecular flexibility index (Phi) is 3.74. The second-order valence-corrected chi connectivity index (χ2v) is 4.67. The van der Waals surface area contributed by atoms with E-state index in [1.165, 1.54) is 16.7 Å². The monoisotopic (exact) mass is 245 g/mol. The van der Waals surface area contributed by atoms with Crippen LogP contribution in [-0.2, 0) is 13.5 Å². The van der Waals surface area contributed by atoms with Crippen molar-refractivity contribution < 1.29 is 0 Å². The predicted molar refractivity (Wildman–Crippen MR) is 70.7 cm³/mol. The summed E-state index contributed by atoms with van der Waals surface area (Å²) in [5.41, 5.74) is 7.47. The fourth-order valence-corrected chi connectivity index (χ4v) is 2.09. The summed E-state index contributed by atoms with van der Waals surface area (Å²) in [5, 5.41) is 8.03. The molecular weight excluding hydrogens is 226 g/mol. The van der Waals surface area contributed by atoms with Crippen LogP contribution >= 0.6 is 0 Å². The molecule has 1 aromatic heterocycles. The van der Waals surface area contributed by atoms with Crippen molar-refractivity contribution in [2.75, 3.05) is 0 Å². The van der Waals surface area contributed by atoms with Crippen LogP contribution in [0, 0.1) is 13.8 Å². The van der Waals surface area contributed by atoms with Gasteiger partial charge in [0.2, 0.25) is 0 Å². The summed E-state index contributed by atoms with van der Waals surface area (Å²) >= 11 is 0. The van der Waals surface area contributed by atoms with Crippen LogP contribution in [0.25, 0.3) is 0 Å². The Bertz CT molecular complexity index is 532. The number of hydrogen-bond donors (Lipinski definition) is 2. The molecule has 3 N–H and O–H groups in total. The second kappa shape index (κ2) is 5.29. The Morgan fingerprint density at radius 1 is 1.39 bits per heavy atom. The zero-order valence-electron chi connectivity index (χ0n) is 11.0. The third kappa shape index (κ3) is 2.75. The molecule has 96 valence electrons. The molecule has 1 heterocycles. The zero-order chi connectivity index (χ0) is 13.1. The number of hydrogen-bond acceptors (Lipinski definition) is 4. The van der Waals surface area contributed by atoms with Crippen LogP contribution in [0.4, 0.5) is 0 Å². The highest BCUT2D eigenvalue weighted by molar-refractivity contribution is 5.33. The first-order valence-corrected chi connectivity index (χ1v) is 5.98. The van der Waals surface area contributed by atoms with E-state index in [2.05, 4.69) is 47.8 Å². The summed E-state index contributed by atoms with van der Waals surface area (Å²) < 4.78 is 1.70. The Morgan fingerprint density at radius 3 is 2.78 bits per heavy atom. The molecule has 0 aliphatic heterocycles. The van der Waals surface area contributed by atoms with E-state index in [0.717, 1.165) is 12.1 Å². The van der Waals surface area contributed by atoms with Gasteiger partial charge in [0.1, 0.15) is 0 Å². The fourth-order valence-electron chi connectivity index (χ4n) is 2.09. The van der Waals surface area contributed by atoms with Gasteiger partial charge in [-0.2, -0.15) is 0 Å². The van der Waals surface area contributed by atoms with Crippen molar-refractivity contribution in [2.24, 2.45) is 12.9 Å². The third-order valence-electron chi connectivity index (χ3n) is 3.07. The summed E-state index contributed by atoms with van der Waals surface area (Å²) in [4.78, 5) is 0. The minimum atomic E-state index is 0.0570. The second-order valence-electron chi connectivity index (χ2n) is 4.67. The van der Waals surface area contributed by atoms with Gasteiger partial charge in [0.15, 0.2) is 0 Å². The Labute approximate surface area is 107 Å². The van der Waals surface area contributed by atoms with E-state index >= 15 is 0 Å². The van der Waals surface area contributed by atoms with Crippen molar-refractivity contribution in [1.29, 1.82) is 0 Å². The Hall–Kier alpha value is -1.72. The lowest BCUT2D eigenvalue weighted by Crippen LogP contribution is -2.30. The van der Waals surface area contributed by atoms with Crippen LogP contribution < -0.4 is 11.3 Å². The van der Waals surface area contributed by atoms with E-state index in [1.54, 1.807) is 4.68 Å². The minimum absolute atomic E-state index is 0.0570. The molecule has 1 unspecified atom stereocenters. The Balaban J connectivity index is 2.25. The fraction of sp³-hybridized carbons (Fsp3) is 0.385. The van der Waals surface area contributed by atoms with Crippen LogP contribution in [0.1, 0.15) is 28.4 Å². The topological polar surface area (TPSA) is 68.8 Å². The highest BCUT2D eigenvalue weighted by Crippen LogP contribution is 2.21. The molecular formula is C13H19N5. The molecule has 0 saturated heterocycles. The van der Waals surface area contributed by atoms with Gasteiger partial charge in [-0.3, -0.25) is 16.0 Å². The van der Waals surface area contributed by atoms with Crippen molar-refractivity contribution >= 4 is 0 Å². The smallest absolute Gasteiger partial charge is 0.0846 e. The number of nitrogens with two attached hydrogens (primary N) is 1. The number of rotatable bonds is 4. The van der Waals surface area contributed by atoms with E-state index in [-0.39, 0.29) is 6.04 Å². The highest BCUT2D eigenvalue weighted by Gasteiger charge is 2.14. The lowest BCUT2D eigenvalue weighted by Gasteiger charge is -2.18. The van der Waals surface area contributed by atoms with Gasteiger partial charge in [-0.15, -0.1) is 5.10 Å². The molecule has 0 radical (unpaired) electrons. The van der Waals surface area contributed by atoms with E-state index in [1.807, 2.05) is 13.2 Å². The number of aryl methyl sites for hydroxylation is 3. The molecule has 0 fully saturated rings. The first kappa shape index (κ1) is 12.7. The van der Waals surface area contributed by atoms with Gasteiger partial charge in [0.05, 0.1) is 11.7 Å². The molecule has 5 nitrogen and oxygen atoms in total. The van der Waals surface area contributed by atoms with Crippen molar-refractivity contribution in [3.63, 3.8) is 0 Å².